The highest BCUT2D eigenvalue weighted by molar-refractivity contribution is 8.93. The van der Waals surface area contributed by atoms with Crippen molar-refractivity contribution in [3.8, 4) is 23.0 Å². The van der Waals surface area contributed by atoms with Gasteiger partial charge in [-0.05, 0) is 129 Å². The third-order valence-electron chi connectivity index (χ3n) is 13.4. The van der Waals surface area contributed by atoms with Gasteiger partial charge in [0.1, 0.15) is 39.5 Å². The molecule has 20 nitrogen and oxygen atoms in total. The molecule has 4 aromatic carbocycles. The predicted octanol–water partition coefficient (Wildman–Crippen LogP) is 13.3. The number of nitrogens with zero attached hydrogens (tertiary/aromatic N) is 12. The van der Waals surface area contributed by atoms with Crippen LogP contribution in [0, 0.1) is 5.92 Å². The van der Waals surface area contributed by atoms with Crippen LogP contribution in [-0.4, -0.2) is 121 Å². The Morgan fingerprint density at radius 1 is 0.528 bits per heavy atom. The molecule has 31 heteroatoms. The van der Waals surface area contributed by atoms with Crippen LogP contribution in [0.3, 0.4) is 0 Å². The van der Waals surface area contributed by atoms with Gasteiger partial charge in [0.15, 0.2) is 23.0 Å². The number of hydrogen-bond acceptors (Lipinski definition) is 16. The van der Waals surface area contributed by atoms with E-state index in [0.717, 1.165) is 32.1 Å². The van der Waals surface area contributed by atoms with Gasteiger partial charge in [-0.2, -0.15) is 0 Å². The highest BCUT2D eigenvalue weighted by Crippen LogP contribution is 2.39. The van der Waals surface area contributed by atoms with Gasteiger partial charge in [0, 0.05) is 39.1 Å². The first-order valence-electron chi connectivity index (χ1n) is 26.3. The zero-order valence-corrected chi connectivity index (χ0v) is 58.0. The summed E-state index contributed by atoms with van der Waals surface area (Å²) in [5, 5.41) is 41.9. The normalized spacial score (nSPS) is 11.7. The third kappa shape index (κ3) is 18.4. The molecule has 0 saturated heterocycles. The first kappa shape index (κ1) is 78.3. The average molecular weight is 1490 g/mol. The maximum Gasteiger partial charge on any atom is 0.263 e. The Morgan fingerprint density at radius 3 is 1.31 bits per heavy atom. The summed E-state index contributed by atoms with van der Waals surface area (Å²) in [6, 6.07) is 9.41. The van der Waals surface area contributed by atoms with Crippen molar-refractivity contribution in [3.05, 3.63) is 160 Å². The van der Waals surface area contributed by atoms with Gasteiger partial charge >= 0.3 is 0 Å². The molecule has 89 heavy (non-hydrogen) atoms. The van der Waals surface area contributed by atoms with Crippen molar-refractivity contribution >= 4 is 178 Å². The molecule has 0 radical (unpaired) electrons. The SMILES string of the molecule is Br.C.CCn1c(CN(C)C)nc2c(O)c(Cl)cc(Cl)c2c1=O.CN(C)Cc1nc2c(O)c(Cl)cc(Cl)c2c(=O)n1C.CN(C)Cc1nc2c(O)c(Cl)cc(Cl)c2c(=O)n1CC1CC1.Cl.Cl.O=c1c2c(Cl)cc(Cl)c(O)c2ncn1CCCCc1ccncc1. The second-order valence-electron chi connectivity index (χ2n) is 20.8. The van der Waals surface area contributed by atoms with Crippen LogP contribution >= 0.6 is 135 Å². The molecule has 9 aromatic rings. The number of aromatic nitrogens is 9. The molecule has 0 amide bonds. The van der Waals surface area contributed by atoms with Crippen LogP contribution in [0.25, 0.3) is 43.6 Å². The smallest absolute Gasteiger partial charge is 0.263 e. The highest BCUT2D eigenvalue weighted by atomic mass is 79.9. The van der Waals surface area contributed by atoms with E-state index in [4.69, 9.17) is 92.8 Å². The van der Waals surface area contributed by atoms with Crippen LogP contribution in [0.5, 0.6) is 23.0 Å². The van der Waals surface area contributed by atoms with Crippen molar-refractivity contribution in [1.29, 1.82) is 0 Å². The summed E-state index contributed by atoms with van der Waals surface area (Å²) in [5.74, 6) is 1.36. The Labute approximate surface area is 575 Å². The molecule has 5 aromatic heterocycles. The summed E-state index contributed by atoms with van der Waals surface area (Å²) < 4.78 is 6.15. The van der Waals surface area contributed by atoms with Gasteiger partial charge in [0.25, 0.3) is 22.2 Å². The zero-order chi connectivity index (χ0) is 62.5. The molecule has 1 aliphatic carbocycles. The number of aryl methyl sites for hydroxylation is 2. The molecular weight excluding hydrogens is 1430 g/mol. The lowest BCUT2D eigenvalue weighted by atomic mass is 10.1. The van der Waals surface area contributed by atoms with Crippen molar-refractivity contribution < 1.29 is 20.4 Å². The summed E-state index contributed by atoms with van der Waals surface area (Å²) in [7, 11) is 12.9. The summed E-state index contributed by atoms with van der Waals surface area (Å²) in [5.41, 5.74) is 0.733. The van der Waals surface area contributed by atoms with E-state index in [9.17, 15) is 39.6 Å². The minimum Gasteiger partial charge on any atom is -0.504 e. The van der Waals surface area contributed by atoms with E-state index in [2.05, 4.69) is 24.9 Å². The van der Waals surface area contributed by atoms with Crippen LogP contribution in [0.1, 0.15) is 63.1 Å². The molecule has 0 atom stereocenters. The standard InChI is InChI=1S/C17H15Cl2N3O2.C15H17Cl2N3O2.C13H15Cl2N3O2.C12H13Cl2N3O2.CH4.BrH.2ClH/c18-12-9-13(19)16(23)15-14(12)17(24)22(10-21-15)8-2-1-3-11-4-6-20-7-5-11;1-19(2)7-11-18-13-12(9(16)5-10(17)14(13)21)15(22)20(11)6-8-3-4-8;1-4-18-9(6-17(2)3)16-11-10(13(18)20)7(14)5-8(15)12(11)19;1-16(2)5-8-15-10-9(12(19)17(8)3)6(13)4-7(14)11(10)18;;;;/h4-7,9-10,23H,1-3,8H2;5,8,21H,3-4,6-7H2,1-2H3;5,19H,4,6H2,1-3H3;4,18H,5H2,1-3H3;1H4;3*1H. The number of phenols is 4. The number of benzene rings is 4. The molecule has 0 spiro atoms. The molecule has 484 valence electrons. The second kappa shape index (κ2) is 34.1. The Morgan fingerprint density at radius 2 is 0.899 bits per heavy atom. The van der Waals surface area contributed by atoms with Crippen LogP contribution in [0.4, 0.5) is 0 Å². The van der Waals surface area contributed by atoms with E-state index < -0.39 is 0 Å². The largest absolute Gasteiger partial charge is 0.504 e. The fourth-order valence-electron chi connectivity index (χ4n) is 8.97. The monoisotopic (exact) mass is 1490 g/mol. The van der Waals surface area contributed by atoms with E-state index in [1.54, 1.807) is 28.6 Å². The number of hydrogen-bond donors (Lipinski definition) is 4. The average Bonchev–Trinajstić information content (AvgIpc) is 1.18. The van der Waals surface area contributed by atoms with Crippen LogP contribution < -0.4 is 22.2 Å². The Balaban J connectivity index is 0.000000307. The fourth-order valence-corrected chi connectivity index (χ4v) is 11.1. The molecule has 10 rings (SSSR count). The minimum absolute atomic E-state index is 0. The van der Waals surface area contributed by atoms with Crippen molar-refractivity contribution in [2.75, 3.05) is 42.3 Å². The van der Waals surface area contributed by atoms with Gasteiger partial charge in [0.2, 0.25) is 0 Å². The zero-order valence-electron chi connectivity index (χ0n) is 48.6. The van der Waals surface area contributed by atoms with Gasteiger partial charge in [-0.15, -0.1) is 41.8 Å². The molecule has 4 N–H and O–H groups in total. The lowest BCUT2D eigenvalue weighted by Crippen LogP contribution is -2.29. The number of aromatic hydroxyl groups is 4. The number of halogens is 11. The predicted molar refractivity (Wildman–Crippen MR) is 371 cm³/mol. The first-order valence-corrected chi connectivity index (χ1v) is 29.3. The summed E-state index contributed by atoms with van der Waals surface area (Å²) in [4.78, 5) is 77.2. The van der Waals surface area contributed by atoms with E-state index in [-0.39, 0.29) is 178 Å². The number of rotatable bonds is 14. The van der Waals surface area contributed by atoms with Crippen molar-refractivity contribution in [2.24, 2.45) is 13.0 Å². The molecular formula is C58H67BrCl10N12O8. The summed E-state index contributed by atoms with van der Waals surface area (Å²) in [6.07, 6.45) is 9.91. The minimum atomic E-state index is -0.307. The van der Waals surface area contributed by atoms with Gasteiger partial charge in [-0.1, -0.05) is 100 Å². The van der Waals surface area contributed by atoms with Crippen LogP contribution in [0.2, 0.25) is 40.2 Å². The first-order chi connectivity index (χ1) is 40.1. The second-order valence-corrected chi connectivity index (χ2v) is 24.0. The number of unbranched alkanes of at least 4 members (excludes halogenated alkanes) is 1. The summed E-state index contributed by atoms with van der Waals surface area (Å²) in [6.45, 7) is 4.95. The molecule has 0 unspecified atom stereocenters. The molecule has 0 bridgehead atoms. The highest BCUT2D eigenvalue weighted by Gasteiger charge is 2.27. The van der Waals surface area contributed by atoms with E-state index in [1.165, 1.54) is 45.3 Å². The topological polar surface area (TPSA) is 243 Å². The van der Waals surface area contributed by atoms with Crippen molar-refractivity contribution in [1.82, 2.24) is 57.9 Å². The van der Waals surface area contributed by atoms with Crippen molar-refractivity contribution in [2.45, 2.75) is 85.7 Å². The van der Waals surface area contributed by atoms with Crippen LogP contribution in [0.15, 0.2) is 74.3 Å². The molecule has 1 saturated carbocycles. The Bertz CT molecular complexity index is 4250. The van der Waals surface area contributed by atoms with Gasteiger partial charge < -0.3 is 35.1 Å². The van der Waals surface area contributed by atoms with Gasteiger partial charge in [-0.25, -0.2) is 19.9 Å². The molecule has 1 fully saturated rings. The van der Waals surface area contributed by atoms with Crippen LogP contribution in [-0.2, 0) is 52.7 Å². The molecule has 0 aliphatic heterocycles. The fraction of sp³-hybridized carbons (Fsp3) is 0.362. The van der Waals surface area contributed by atoms with Crippen molar-refractivity contribution in [3.63, 3.8) is 0 Å². The molecule has 1 aliphatic rings. The third-order valence-corrected chi connectivity index (χ3v) is 15.7. The number of phenolic OH excluding ortho intramolecular Hbond substituents is 4. The Hall–Kier alpha value is -4.95. The number of fused-ring (bicyclic) bond motifs is 4. The molecule has 5 heterocycles. The quantitative estimate of drug-likeness (QED) is 0.0740. The summed E-state index contributed by atoms with van der Waals surface area (Å²) >= 11 is 47.9. The van der Waals surface area contributed by atoms with Gasteiger partial charge in [0.05, 0.1) is 87.7 Å². The lowest BCUT2D eigenvalue weighted by molar-refractivity contribution is 0.373. The number of pyridine rings is 1. The van der Waals surface area contributed by atoms with E-state index >= 15 is 0 Å². The maximum absolute atomic E-state index is 12.8. The van der Waals surface area contributed by atoms with Gasteiger partial charge in [-0.3, -0.25) is 42.4 Å². The lowest BCUT2D eigenvalue weighted by Gasteiger charge is -2.17. The van der Waals surface area contributed by atoms with E-state index in [1.807, 2.05) is 76.0 Å². The van der Waals surface area contributed by atoms with E-state index in [0.29, 0.717) is 62.7 Å². The Kier molecular flexibility index (Phi) is 30.0. The maximum atomic E-state index is 12.8.